The molecule has 1 aromatic carbocycles. The van der Waals surface area contributed by atoms with Crippen LogP contribution in [0.2, 0.25) is 0 Å². The summed E-state index contributed by atoms with van der Waals surface area (Å²) >= 11 is 4.72. The van der Waals surface area contributed by atoms with Crippen LogP contribution in [0.4, 0.5) is 14.5 Å². The third-order valence-electron chi connectivity index (χ3n) is 3.39. The second-order valence-electron chi connectivity index (χ2n) is 4.63. The smallest absolute Gasteiger partial charge is 0.147 e. The molecule has 0 radical (unpaired) electrons. The fraction of sp³-hybridized carbons (Fsp3) is 0.286. The fourth-order valence-electron chi connectivity index (χ4n) is 2.46. The zero-order chi connectivity index (χ0) is 13.4. The predicted molar refractivity (Wildman–Crippen MR) is 77.7 cm³/mol. The Labute approximate surface area is 122 Å². The summed E-state index contributed by atoms with van der Waals surface area (Å²) in [6, 6.07) is 4.52. The van der Waals surface area contributed by atoms with Gasteiger partial charge >= 0.3 is 0 Å². The molecule has 0 bridgehead atoms. The van der Waals surface area contributed by atoms with Gasteiger partial charge in [-0.05, 0) is 58.3 Å². The van der Waals surface area contributed by atoms with Crippen molar-refractivity contribution in [3.63, 3.8) is 0 Å². The molecule has 2 aromatic rings. The number of nitrogens with one attached hydrogen (secondary N) is 1. The minimum Gasteiger partial charge on any atom is -0.376 e. The molecule has 1 atom stereocenters. The van der Waals surface area contributed by atoms with E-state index in [1.54, 1.807) is 11.3 Å². The van der Waals surface area contributed by atoms with Gasteiger partial charge in [0, 0.05) is 10.9 Å². The first-order chi connectivity index (χ1) is 9.15. The summed E-state index contributed by atoms with van der Waals surface area (Å²) in [6.07, 6.45) is 3.11. The van der Waals surface area contributed by atoms with Gasteiger partial charge in [-0.15, -0.1) is 11.3 Å². The second-order valence-corrected chi connectivity index (χ2v) is 6.49. The summed E-state index contributed by atoms with van der Waals surface area (Å²) in [4.78, 5) is 1.35. The minimum atomic E-state index is -0.453. The predicted octanol–water partition coefficient (Wildman–Crippen LogP) is 5.28. The van der Waals surface area contributed by atoms with Gasteiger partial charge in [-0.25, -0.2) is 8.78 Å². The van der Waals surface area contributed by atoms with Gasteiger partial charge in [-0.3, -0.25) is 0 Å². The molecular formula is C14H12BrF2NS. The van der Waals surface area contributed by atoms with Crippen LogP contribution in [0, 0.1) is 11.6 Å². The van der Waals surface area contributed by atoms with E-state index in [4.69, 9.17) is 0 Å². The molecule has 1 aliphatic rings. The molecule has 1 aromatic heterocycles. The topological polar surface area (TPSA) is 12.0 Å². The molecule has 19 heavy (non-hydrogen) atoms. The molecule has 0 fully saturated rings. The Morgan fingerprint density at radius 2 is 2.11 bits per heavy atom. The summed E-state index contributed by atoms with van der Waals surface area (Å²) in [6.45, 7) is 0. The quantitative estimate of drug-likeness (QED) is 0.731. The Bertz CT molecular complexity index is 611. The van der Waals surface area contributed by atoms with Crippen LogP contribution in [0.5, 0.6) is 0 Å². The van der Waals surface area contributed by atoms with Gasteiger partial charge in [-0.2, -0.15) is 0 Å². The second kappa shape index (κ2) is 5.21. The van der Waals surface area contributed by atoms with Gasteiger partial charge in [0.2, 0.25) is 0 Å². The fourth-order valence-corrected chi connectivity index (χ4v) is 3.76. The summed E-state index contributed by atoms with van der Waals surface area (Å²) in [7, 11) is 0. The molecule has 100 valence electrons. The van der Waals surface area contributed by atoms with Crippen molar-refractivity contribution in [1.82, 2.24) is 0 Å². The largest absolute Gasteiger partial charge is 0.376 e. The summed E-state index contributed by atoms with van der Waals surface area (Å²) in [5.74, 6) is -0.888. The van der Waals surface area contributed by atoms with Crippen LogP contribution in [0.15, 0.2) is 28.1 Å². The number of fused-ring (bicyclic) bond motifs is 1. The maximum absolute atomic E-state index is 13.8. The lowest BCUT2D eigenvalue weighted by Crippen LogP contribution is -2.16. The van der Waals surface area contributed by atoms with Crippen molar-refractivity contribution in [2.45, 2.75) is 25.3 Å². The van der Waals surface area contributed by atoms with Gasteiger partial charge in [0.15, 0.2) is 0 Å². The highest BCUT2D eigenvalue weighted by Crippen LogP contribution is 2.36. The van der Waals surface area contributed by atoms with E-state index < -0.39 is 11.6 Å². The van der Waals surface area contributed by atoms with Crippen LogP contribution >= 0.6 is 27.3 Å². The van der Waals surface area contributed by atoms with Crippen LogP contribution in [-0.2, 0) is 6.42 Å². The van der Waals surface area contributed by atoms with Crippen molar-refractivity contribution in [2.75, 3.05) is 5.32 Å². The molecule has 1 heterocycles. The first-order valence-electron chi connectivity index (χ1n) is 6.12. The molecule has 0 saturated heterocycles. The lowest BCUT2D eigenvalue weighted by atomic mass is 9.94. The van der Waals surface area contributed by atoms with Gasteiger partial charge in [-0.1, -0.05) is 0 Å². The van der Waals surface area contributed by atoms with Crippen molar-refractivity contribution >= 4 is 33.0 Å². The van der Waals surface area contributed by atoms with Crippen molar-refractivity contribution in [3.05, 3.63) is 50.1 Å². The Morgan fingerprint density at radius 3 is 2.95 bits per heavy atom. The Morgan fingerprint density at radius 1 is 1.26 bits per heavy atom. The number of anilines is 1. The van der Waals surface area contributed by atoms with E-state index in [1.807, 2.05) is 0 Å². The highest BCUT2D eigenvalue weighted by molar-refractivity contribution is 9.10. The highest BCUT2D eigenvalue weighted by atomic mass is 79.9. The number of rotatable bonds is 2. The molecule has 0 spiro atoms. The van der Waals surface area contributed by atoms with E-state index in [0.717, 1.165) is 25.3 Å². The van der Waals surface area contributed by atoms with E-state index in [2.05, 4.69) is 32.7 Å². The van der Waals surface area contributed by atoms with Crippen LogP contribution in [0.3, 0.4) is 0 Å². The molecule has 1 unspecified atom stereocenters. The zero-order valence-corrected chi connectivity index (χ0v) is 12.5. The molecule has 1 nitrogen and oxygen atoms in total. The van der Waals surface area contributed by atoms with Crippen LogP contribution < -0.4 is 5.32 Å². The van der Waals surface area contributed by atoms with E-state index in [-0.39, 0.29) is 16.2 Å². The van der Waals surface area contributed by atoms with Crippen molar-refractivity contribution in [1.29, 1.82) is 0 Å². The van der Waals surface area contributed by atoms with Gasteiger partial charge < -0.3 is 5.32 Å². The first-order valence-corrected chi connectivity index (χ1v) is 7.80. The number of thiophene rings is 1. The van der Waals surface area contributed by atoms with Crippen LogP contribution in [0.25, 0.3) is 0 Å². The summed E-state index contributed by atoms with van der Waals surface area (Å²) in [5, 5.41) is 5.19. The van der Waals surface area contributed by atoms with Crippen molar-refractivity contribution in [2.24, 2.45) is 0 Å². The summed E-state index contributed by atoms with van der Waals surface area (Å²) < 4.78 is 27.5. The average Bonchev–Trinajstić information content (AvgIpc) is 2.85. The Balaban J connectivity index is 1.89. The highest BCUT2D eigenvalue weighted by Gasteiger charge is 2.22. The van der Waals surface area contributed by atoms with Crippen LogP contribution in [-0.4, -0.2) is 0 Å². The van der Waals surface area contributed by atoms with E-state index in [1.165, 1.54) is 16.5 Å². The van der Waals surface area contributed by atoms with Gasteiger partial charge in [0.05, 0.1) is 16.2 Å². The molecule has 0 saturated carbocycles. The van der Waals surface area contributed by atoms with Crippen molar-refractivity contribution < 1.29 is 8.78 Å². The number of hydrogen-bond donors (Lipinski definition) is 1. The number of hydrogen-bond acceptors (Lipinski definition) is 2. The number of benzene rings is 1. The Hall–Kier alpha value is -0.940. The molecule has 1 aliphatic carbocycles. The van der Waals surface area contributed by atoms with Gasteiger partial charge in [0.1, 0.15) is 11.6 Å². The third-order valence-corrected chi connectivity index (χ3v) is 5.00. The van der Waals surface area contributed by atoms with E-state index in [9.17, 15) is 8.78 Å². The zero-order valence-electron chi connectivity index (χ0n) is 10.1. The molecular weight excluding hydrogens is 332 g/mol. The van der Waals surface area contributed by atoms with Crippen LogP contribution in [0.1, 0.15) is 29.3 Å². The molecule has 5 heteroatoms. The van der Waals surface area contributed by atoms with E-state index >= 15 is 0 Å². The molecule has 3 rings (SSSR count). The van der Waals surface area contributed by atoms with Gasteiger partial charge in [0.25, 0.3) is 0 Å². The average molecular weight is 344 g/mol. The standard InChI is InChI=1S/C14H12BrF2NS/c15-9-6-11(17)13(7-10(9)16)18-12-2-1-3-14-8(12)4-5-19-14/h4-7,12,18H,1-3H2. The van der Waals surface area contributed by atoms with E-state index in [0.29, 0.717) is 0 Å². The Kier molecular flexibility index (Phi) is 3.58. The van der Waals surface area contributed by atoms with Crippen molar-refractivity contribution in [3.8, 4) is 0 Å². The molecule has 0 amide bonds. The monoisotopic (exact) mass is 343 g/mol. The molecule has 0 aliphatic heterocycles. The lowest BCUT2D eigenvalue weighted by molar-refractivity contribution is 0.579. The number of halogens is 3. The SMILES string of the molecule is Fc1cc(NC2CCCc3sccc32)c(F)cc1Br. The first kappa shape index (κ1) is 13.1. The third kappa shape index (κ3) is 2.54. The normalized spacial score (nSPS) is 18.2. The lowest BCUT2D eigenvalue weighted by Gasteiger charge is -2.25. The maximum atomic E-state index is 13.8. The summed E-state index contributed by atoms with van der Waals surface area (Å²) in [5.41, 5.74) is 1.45. The minimum absolute atomic E-state index is 0.0741. The molecule has 1 N–H and O–H groups in total. The maximum Gasteiger partial charge on any atom is 0.147 e. The number of aryl methyl sites for hydroxylation is 1.